The predicted octanol–water partition coefficient (Wildman–Crippen LogP) is 1.87. The third-order valence-corrected chi connectivity index (χ3v) is 3.80. The first kappa shape index (κ1) is 16.2. The van der Waals surface area contributed by atoms with Crippen molar-refractivity contribution in [2.24, 2.45) is 11.1 Å². The van der Waals surface area contributed by atoms with E-state index in [1.54, 1.807) is 24.3 Å². The van der Waals surface area contributed by atoms with Crippen LogP contribution in [0, 0.1) is 5.41 Å². The number of carboxylic acids is 1. The highest BCUT2D eigenvalue weighted by Crippen LogP contribution is 2.30. The van der Waals surface area contributed by atoms with Crippen molar-refractivity contribution in [2.45, 2.75) is 26.7 Å². The van der Waals surface area contributed by atoms with E-state index in [1.165, 1.54) is 4.90 Å². The van der Waals surface area contributed by atoms with Crippen molar-refractivity contribution < 1.29 is 14.7 Å². The third-order valence-electron chi connectivity index (χ3n) is 3.80. The molecule has 110 valence electrons. The summed E-state index contributed by atoms with van der Waals surface area (Å²) >= 11 is 0. The molecule has 3 N–H and O–H groups in total. The van der Waals surface area contributed by atoms with Crippen molar-refractivity contribution in [3.8, 4) is 0 Å². The molecular weight excluding hydrogens is 256 g/mol. The first-order chi connectivity index (χ1) is 9.50. The van der Waals surface area contributed by atoms with Gasteiger partial charge < -0.3 is 15.7 Å². The van der Waals surface area contributed by atoms with Crippen LogP contribution in [0.1, 0.15) is 26.7 Å². The molecule has 0 saturated carbocycles. The average molecular weight is 278 g/mol. The number of hydrogen-bond donors (Lipinski definition) is 2. The Labute approximate surface area is 119 Å². The summed E-state index contributed by atoms with van der Waals surface area (Å²) in [6.07, 6.45) is 1.17. The maximum absolute atomic E-state index is 12.8. The molecule has 1 amide bonds. The van der Waals surface area contributed by atoms with Gasteiger partial charge in [0.2, 0.25) is 5.91 Å². The zero-order valence-corrected chi connectivity index (χ0v) is 12.0. The van der Waals surface area contributed by atoms with Crippen molar-refractivity contribution in [1.29, 1.82) is 0 Å². The number of rotatable bonds is 7. The van der Waals surface area contributed by atoms with Crippen molar-refractivity contribution in [2.75, 3.05) is 18.0 Å². The van der Waals surface area contributed by atoms with Gasteiger partial charge in [0.05, 0.1) is 5.41 Å². The van der Waals surface area contributed by atoms with Gasteiger partial charge in [-0.15, -0.1) is 0 Å². The van der Waals surface area contributed by atoms with Crippen LogP contribution >= 0.6 is 0 Å². The molecule has 5 nitrogen and oxygen atoms in total. The summed E-state index contributed by atoms with van der Waals surface area (Å²) < 4.78 is 0. The van der Waals surface area contributed by atoms with Crippen molar-refractivity contribution in [1.82, 2.24) is 0 Å². The molecule has 0 bridgehead atoms. The Morgan fingerprint density at radius 3 is 2.15 bits per heavy atom. The van der Waals surface area contributed by atoms with Crippen LogP contribution in [0.15, 0.2) is 30.3 Å². The number of nitrogens with zero attached hydrogens (tertiary/aromatic N) is 1. The summed E-state index contributed by atoms with van der Waals surface area (Å²) in [6, 6.07) is 8.84. The molecule has 0 saturated heterocycles. The molecule has 0 aliphatic carbocycles. The monoisotopic (exact) mass is 278 g/mol. The smallest absolute Gasteiger partial charge is 0.323 e. The number of hydrogen-bond acceptors (Lipinski definition) is 3. The second-order valence-corrected chi connectivity index (χ2v) is 4.81. The molecule has 0 atom stereocenters. The van der Waals surface area contributed by atoms with Crippen molar-refractivity contribution in [3.63, 3.8) is 0 Å². The van der Waals surface area contributed by atoms with E-state index in [1.807, 2.05) is 19.9 Å². The first-order valence-corrected chi connectivity index (χ1v) is 6.79. The molecule has 0 fully saturated rings. The Morgan fingerprint density at radius 1 is 1.20 bits per heavy atom. The third kappa shape index (κ3) is 3.36. The zero-order chi connectivity index (χ0) is 15.2. The van der Waals surface area contributed by atoms with E-state index < -0.39 is 11.4 Å². The van der Waals surface area contributed by atoms with Gasteiger partial charge in [0.25, 0.3) is 0 Å². The zero-order valence-electron chi connectivity index (χ0n) is 12.0. The topological polar surface area (TPSA) is 83.6 Å². The van der Waals surface area contributed by atoms with Crippen LogP contribution in [0.25, 0.3) is 0 Å². The SMILES string of the molecule is CCC(CC)(CN)C(=O)N(CC(=O)O)c1ccccc1. The Kier molecular flexibility index (Phi) is 5.70. The number of amides is 1. The summed E-state index contributed by atoms with van der Waals surface area (Å²) in [5.41, 5.74) is 5.66. The Bertz CT molecular complexity index is 447. The van der Waals surface area contributed by atoms with Gasteiger partial charge in [-0.25, -0.2) is 0 Å². The van der Waals surface area contributed by atoms with E-state index in [0.717, 1.165) is 0 Å². The highest BCUT2D eigenvalue weighted by atomic mass is 16.4. The quantitative estimate of drug-likeness (QED) is 0.797. The molecule has 5 heteroatoms. The van der Waals surface area contributed by atoms with Crippen LogP contribution in [0.5, 0.6) is 0 Å². The lowest BCUT2D eigenvalue weighted by molar-refractivity contribution is -0.138. The highest BCUT2D eigenvalue weighted by molar-refractivity contribution is 6.00. The summed E-state index contributed by atoms with van der Waals surface area (Å²) in [5, 5.41) is 9.05. The number of carbonyl (C=O) groups is 2. The molecular formula is C15H22N2O3. The number of carboxylic acid groups (broad SMARTS) is 1. The minimum atomic E-state index is -1.04. The fourth-order valence-corrected chi connectivity index (χ4v) is 2.24. The minimum Gasteiger partial charge on any atom is -0.480 e. The Balaban J connectivity index is 3.17. The van der Waals surface area contributed by atoms with E-state index in [-0.39, 0.29) is 19.0 Å². The van der Waals surface area contributed by atoms with Gasteiger partial charge in [-0.2, -0.15) is 0 Å². The normalized spacial score (nSPS) is 11.2. The molecule has 0 radical (unpaired) electrons. The number of aliphatic carboxylic acids is 1. The minimum absolute atomic E-state index is 0.210. The van der Waals surface area contributed by atoms with Crippen LogP contribution in [0.3, 0.4) is 0 Å². The molecule has 20 heavy (non-hydrogen) atoms. The predicted molar refractivity (Wildman–Crippen MR) is 78.5 cm³/mol. The fraction of sp³-hybridized carbons (Fsp3) is 0.467. The Morgan fingerprint density at radius 2 is 1.75 bits per heavy atom. The van der Waals surface area contributed by atoms with Gasteiger partial charge in [-0.05, 0) is 25.0 Å². The van der Waals surface area contributed by atoms with Crippen molar-refractivity contribution >= 4 is 17.6 Å². The lowest BCUT2D eigenvalue weighted by Gasteiger charge is -2.34. The summed E-state index contributed by atoms with van der Waals surface area (Å²) in [4.78, 5) is 25.1. The first-order valence-electron chi connectivity index (χ1n) is 6.79. The molecule has 0 aliphatic rings. The van der Waals surface area contributed by atoms with E-state index in [0.29, 0.717) is 18.5 Å². The van der Waals surface area contributed by atoms with Crippen LogP contribution < -0.4 is 10.6 Å². The second-order valence-electron chi connectivity index (χ2n) is 4.81. The number of benzene rings is 1. The molecule has 0 heterocycles. The molecule has 1 rings (SSSR count). The maximum Gasteiger partial charge on any atom is 0.323 e. The van der Waals surface area contributed by atoms with E-state index in [9.17, 15) is 9.59 Å². The molecule has 0 unspecified atom stereocenters. The number of nitrogens with two attached hydrogens (primary N) is 1. The maximum atomic E-state index is 12.8. The molecule has 1 aromatic rings. The Hall–Kier alpha value is -1.88. The standard InChI is InChI=1S/C15H22N2O3/c1-3-15(4-2,11-16)14(20)17(10-13(18)19)12-8-6-5-7-9-12/h5-9H,3-4,10-11,16H2,1-2H3,(H,18,19). The van der Waals surface area contributed by atoms with Gasteiger partial charge in [-0.3, -0.25) is 9.59 Å². The number of carbonyl (C=O) groups excluding carboxylic acids is 1. The van der Waals surface area contributed by atoms with Gasteiger partial charge in [0.1, 0.15) is 6.54 Å². The van der Waals surface area contributed by atoms with E-state index >= 15 is 0 Å². The summed E-state index contributed by atoms with van der Waals surface area (Å²) in [7, 11) is 0. The van der Waals surface area contributed by atoms with Crippen LogP contribution in [0.4, 0.5) is 5.69 Å². The number of para-hydroxylation sites is 1. The van der Waals surface area contributed by atoms with Gasteiger partial charge in [-0.1, -0.05) is 32.0 Å². The fourth-order valence-electron chi connectivity index (χ4n) is 2.24. The second kappa shape index (κ2) is 7.05. The van der Waals surface area contributed by atoms with Crippen LogP contribution in [-0.4, -0.2) is 30.1 Å². The molecule has 1 aromatic carbocycles. The van der Waals surface area contributed by atoms with Gasteiger partial charge in [0, 0.05) is 12.2 Å². The van der Waals surface area contributed by atoms with E-state index in [4.69, 9.17) is 10.8 Å². The molecule has 0 aliphatic heterocycles. The van der Waals surface area contributed by atoms with Crippen LogP contribution in [0.2, 0.25) is 0 Å². The average Bonchev–Trinajstić information content (AvgIpc) is 2.47. The van der Waals surface area contributed by atoms with Crippen LogP contribution in [-0.2, 0) is 9.59 Å². The van der Waals surface area contributed by atoms with Gasteiger partial charge in [0.15, 0.2) is 0 Å². The largest absolute Gasteiger partial charge is 0.480 e. The highest BCUT2D eigenvalue weighted by Gasteiger charge is 2.38. The lowest BCUT2D eigenvalue weighted by atomic mass is 9.80. The summed E-state index contributed by atoms with van der Waals surface area (Å²) in [6.45, 7) is 3.66. The molecule has 0 aromatic heterocycles. The van der Waals surface area contributed by atoms with Crippen molar-refractivity contribution in [3.05, 3.63) is 30.3 Å². The van der Waals surface area contributed by atoms with Gasteiger partial charge >= 0.3 is 5.97 Å². The summed E-state index contributed by atoms with van der Waals surface area (Å²) in [5.74, 6) is -1.26. The number of anilines is 1. The van der Waals surface area contributed by atoms with E-state index in [2.05, 4.69) is 0 Å². The lowest BCUT2D eigenvalue weighted by Crippen LogP contribution is -2.49. The molecule has 0 spiro atoms.